The van der Waals surface area contributed by atoms with Gasteiger partial charge in [-0.05, 0) is 126 Å². The normalized spacial score (nSPS) is 11.8. The number of para-hydroxylation sites is 1. The molecule has 4 nitrogen and oxygen atoms in total. The van der Waals surface area contributed by atoms with Gasteiger partial charge in [-0.15, -0.1) is 0 Å². The summed E-state index contributed by atoms with van der Waals surface area (Å²) in [4.78, 5) is 9.31. The van der Waals surface area contributed by atoms with E-state index >= 15 is 0 Å². The fourth-order valence-electron chi connectivity index (χ4n) is 9.24. The molecule has 9 aromatic carbocycles. The second kappa shape index (κ2) is 12.1. The molecule has 0 aliphatic heterocycles. The quantitative estimate of drug-likeness (QED) is 0.166. The standard InChI is InChI=1S/C53H30N4/c54-31-32-27-38-13-14-39-29-40(30-49-53(39)52(38)48(28-32)57(49)41-5-2-1-3-6-41)33-9-11-34(12-10-33)42-19-15-36-18-22-45-43(20-16-37-17-21-44(42)50(36)51(37)45)47-8-4-7-46(56-47)35-23-25-55-26-24-35/h1-30H. The summed E-state index contributed by atoms with van der Waals surface area (Å²) in [6, 6.07) is 63.2. The molecule has 262 valence electrons. The minimum atomic E-state index is 0.664. The van der Waals surface area contributed by atoms with Gasteiger partial charge in [-0.2, -0.15) is 5.26 Å². The van der Waals surface area contributed by atoms with Gasteiger partial charge in [0.15, 0.2) is 0 Å². The molecule has 0 amide bonds. The van der Waals surface area contributed by atoms with Crippen LogP contribution in [-0.2, 0) is 0 Å². The van der Waals surface area contributed by atoms with E-state index in [-0.39, 0.29) is 0 Å². The van der Waals surface area contributed by atoms with Crippen LogP contribution in [0, 0.1) is 11.3 Å². The highest BCUT2D eigenvalue weighted by atomic mass is 15.0. The van der Waals surface area contributed by atoms with Crippen molar-refractivity contribution in [2.45, 2.75) is 0 Å². The van der Waals surface area contributed by atoms with Gasteiger partial charge in [0.25, 0.3) is 0 Å². The van der Waals surface area contributed by atoms with Crippen molar-refractivity contribution in [3.8, 4) is 56.5 Å². The van der Waals surface area contributed by atoms with Crippen LogP contribution in [0.25, 0.3) is 115 Å². The number of benzene rings is 9. The minimum Gasteiger partial charge on any atom is -0.309 e. The van der Waals surface area contributed by atoms with Crippen molar-refractivity contribution in [2.24, 2.45) is 0 Å². The number of nitriles is 1. The summed E-state index contributed by atoms with van der Waals surface area (Å²) in [6.07, 6.45) is 3.62. The molecule has 0 saturated heterocycles. The molecule has 0 bridgehead atoms. The molecule has 4 heteroatoms. The second-order valence-electron chi connectivity index (χ2n) is 14.9. The van der Waals surface area contributed by atoms with Crippen molar-refractivity contribution in [2.75, 3.05) is 0 Å². The van der Waals surface area contributed by atoms with Crippen molar-refractivity contribution >= 4 is 64.9 Å². The van der Waals surface area contributed by atoms with Gasteiger partial charge in [0.1, 0.15) is 0 Å². The van der Waals surface area contributed by atoms with E-state index in [1.54, 1.807) is 0 Å². The van der Waals surface area contributed by atoms with Crippen LogP contribution in [0.4, 0.5) is 0 Å². The molecular formula is C53H30N4. The Kier molecular flexibility index (Phi) is 6.66. The maximum atomic E-state index is 9.91. The third-order valence-electron chi connectivity index (χ3n) is 11.8. The van der Waals surface area contributed by atoms with Crippen LogP contribution in [-0.4, -0.2) is 14.5 Å². The summed E-state index contributed by atoms with van der Waals surface area (Å²) in [6.45, 7) is 0. The Hall–Kier alpha value is -7.87. The number of nitrogens with zero attached hydrogens (tertiary/aromatic N) is 4. The fraction of sp³-hybridized carbons (Fsp3) is 0. The van der Waals surface area contributed by atoms with Crippen molar-refractivity contribution in [1.29, 1.82) is 5.26 Å². The average Bonchev–Trinajstić information content (AvgIpc) is 3.62. The number of hydrogen-bond acceptors (Lipinski definition) is 3. The molecule has 12 rings (SSSR count). The Morgan fingerprint density at radius 2 is 1.04 bits per heavy atom. The molecule has 0 radical (unpaired) electrons. The topological polar surface area (TPSA) is 54.5 Å². The zero-order chi connectivity index (χ0) is 37.6. The molecule has 0 aliphatic rings. The summed E-state index contributed by atoms with van der Waals surface area (Å²) in [5, 5.41) is 22.1. The highest BCUT2D eigenvalue weighted by Crippen LogP contribution is 2.44. The third-order valence-corrected chi connectivity index (χ3v) is 11.8. The van der Waals surface area contributed by atoms with E-state index < -0.39 is 0 Å². The zero-order valence-corrected chi connectivity index (χ0v) is 30.6. The highest BCUT2D eigenvalue weighted by Gasteiger charge is 2.20. The van der Waals surface area contributed by atoms with Gasteiger partial charge in [0, 0.05) is 40.0 Å². The van der Waals surface area contributed by atoms with Gasteiger partial charge in [-0.1, -0.05) is 109 Å². The van der Waals surface area contributed by atoms with Gasteiger partial charge < -0.3 is 4.57 Å². The van der Waals surface area contributed by atoms with E-state index in [0.29, 0.717) is 5.56 Å². The summed E-state index contributed by atoms with van der Waals surface area (Å²) in [7, 11) is 0. The van der Waals surface area contributed by atoms with E-state index in [4.69, 9.17) is 4.98 Å². The van der Waals surface area contributed by atoms with Crippen molar-refractivity contribution in [3.63, 3.8) is 0 Å². The van der Waals surface area contributed by atoms with Crippen LogP contribution >= 0.6 is 0 Å². The molecule has 0 fully saturated rings. The van der Waals surface area contributed by atoms with Gasteiger partial charge in [-0.3, -0.25) is 4.98 Å². The van der Waals surface area contributed by atoms with Crippen LogP contribution in [0.1, 0.15) is 5.56 Å². The van der Waals surface area contributed by atoms with Crippen molar-refractivity contribution < 1.29 is 0 Å². The first kappa shape index (κ1) is 31.5. The van der Waals surface area contributed by atoms with Crippen LogP contribution < -0.4 is 0 Å². The second-order valence-corrected chi connectivity index (χ2v) is 14.9. The molecular weight excluding hydrogens is 693 g/mol. The van der Waals surface area contributed by atoms with Gasteiger partial charge in [0.2, 0.25) is 0 Å². The van der Waals surface area contributed by atoms with Crippen LogP contribution in [0.15, 0.2) is 182 Å². The molecule has 0 unspecified atom stereocenters. The number of hydrogen-bond donors (Lipinski definition) is 0. The molecule has 57 heavy (non-hydrogen) atoms. The Balaban J connectivity index is 0.987. The molecule has 3 heterocycles. The minimum absolute atomic E-state index is 0.664. The summed E-state index contributed by atoms with van der Waals surface area (Å²) in [5.74, 6) is 0. The molecule has 0 N–H and O–H groups in total. The SMILES string of the molecule is N#Cc1cc2ccc3cc(-c4ccc(-c5ccc6ccc7c(-c8cccc(-c9ccncc9)n8)ccc8ccc5c6c87)cc4)cc4c3c2c(c1)n4-c1ccccc1. The monoisotopic (exact) mass is 722 g/mol. The van der Waals surface area contributed by atoms with E-state index in [1.807, 2.05) is 42.7 Å². The van der Waals surface area contributed by atoms with Crippen molar-refractivity contribution in [3.05, 3.63) is 188 Å². The van der Waals surface area contributed by atoms with Gasteiger partial charge in [0.05, 0.1) is 34.1 Å². The van der Waals surface area contributed by atoms with E-state index in [0.717, 1.165) is 55.7 Å². The van der Waals surface area contributed by atoms with Gasteiger partial charge >= 0.3 is 0 Å². The van der Waals surface area contributed by atoms with E-state index in [1.165, 1.54) is 59.6 Å². The van der Waals surface area contributed by atoms with Crippen LogP contribution in [0.5, 0.6) is 0 Å². The molecule has 12 aromatic rings. The Bertz CT molecular complexity index is 3560. The first-order valence-electron chi connectivity index (χ1n) is 19.2. The van der Waals surface area contributed by atoms with E-state index in [2.05, 4.69) is 155 Å². The lowest BCUT2D eigenvalue weighted by atomic mass is 9.87. The third kappa shape index (κ3) is 4.73. The predicted molar refractivity (Wildman–Crippen MR) is 235 cm³/mol. The fourth-order valence-corrected chi connectivity index (χ4v) is 9.24. The van der Waals surface area contributed by atoms with Gasteiger partial charge in [-0.25, -0.2) is 4.98 Å². The first-order chi connectivity index (χ1) is 28.2. The lowest BCUT2D eigenvalue weighted by Crippen LogP contribution is -1.94. The maximum absolute atomic E-state index is 9.91. The predicted octanol–water partition coefficient (Wildman–Crippen LogP) is 13.6. The molecule has 0 atom stereocenters. The zero-order valence-electron chi connectivity index (χ0n) is 30.6. The number of pyridine rings is 2. The Morgan fingerprint density at radius 3 is 1.77 bits per heavy atom. The lowest BCUT2D eigenvalue weighted by molar-refractivity contribution is 1.18. The van der Waals surface area contributed by atoms with Crippen LogP contribution in [0.2, 0.25) is 0 Å². The van der Waals surface area contributed by atoms with Crippen molar-refractivity contribution in [1.82, 2.24) is 14.5 Å². The first-order valence-corrected chi connectivity index (χ1v) is 19.2. The molecule has 0 spiro atoms. The summed E-state index contributed by atoms with van der Waals surface area (Å²) >= 11 is 0. The Labute approximate surface area is 327 Å². The average molecular weight is 723 g/mol. The number of rotatable bonds is 5. The van der Waals surface area contributed by atoms with Crippen LogP contribution in [0.3, 0.4) is 0 Å². The molecule has 0 saturated carbocycles. The largest absolute Gasteiger partial charge is 0.309 e. The maximum Gasteiger partial charge on any atom is 0.0992 e. The summed E-state index contributed by atoms with van der Waals surface area (Å²) in [5.41, 5.74) is 12.7. The smallest absolute Gasteiger partial charge is 0.0992 e. The Morgan fingerprint density at radius 1 is 0.421 bits per heavy atom. The molecule has 3 aromatic heterocycles. The molecule has 0 aliphatic carbocycles. The lowest BCUT2D eigenvalue weighted by Gasteiger charge is -2.17. The highest BCUT2D eigenvalue weighted by molar-refractivity contribution is 6.28. The number of aromatic nitrogens is 3. The summed E-state index contributed by atoms with van der Waals surface area (Å²) < 4.78 is 2.31. The van der Waals surface area contributed by atoms with E-state index in [9.17, 15) is 5.26 Å².